The van der Waals surface area contributed by atoms with E-state index in [0.717, 1.165) is 25.2 Å². The van der Waals surface area contributed by atoms with Crippen LogP contribution >= 0.6 is 0 Å². The first-order chi connectivity index (χ1) is 9.25. The minimum atomic E-state index is -3.76. The highest BCUT2D eigenvalue weighted by atomic mass is 32.2. The zero-order valence-electron chi connectivity index (χ0n) is 12.3. The second kappa shape index (κ2) is 6.92. The van der Waals surface area contributed by atoms with Crippen LogP contribution in [0.15, 0.2) is 23.1 Å². The lowest BCUT2D eigenvalue weighted by Crippen LogP contribution is -2.32. The minimum absolute atomic E-state index is 0.0419. The molecule has 0 spiro atoms. The summed E-state index contributed by atoms with van der Waals surface area (Å²) in [5.41, 5.74) is 6.64. The molecule has 0 aromatic heterocycles. The maximum Gasteiger partial charge on any atom is 0.240 e. The molecule has 114 valence electrons. The van der Waals surface area contributed by atoms with Crippen molar-refractivity contribution < 1.29 is 8.42 Å². The molecule has 5 N–H and O–H groups in total. The lowest BCUT2D eigenvalue weighted by molar-refractivity contribution is 0.261. The molecule has 1 aromatic rings. The molecule has 0 aliphatic heterocycles. The van der Waals surface area contributed by atoms with Crippen molar-refractivity contribution in [1.29, 1.82) is 0 Å². The molecule has 20 heavy (non-hydrogen) atoms. The van der Waals surface area contributed by atoms with Crippen LogP contribution in [0.25, 0.3) is 0 Å². The standard InChI is InChI=1S/C13H24N4O2S/c1-4-10(2)17(3)8-7-16-11-5-6-13(12(14)9-11)20(15,18)19/h5-6,9-10,16H,4,7-8,14H2,1-3H3,(H2,15,18,19). The molecular weight excluding hydrogens is 276 g/mol. The second-order valence-corrected chi connectivity index (χ2v) is 6.49. The van der Waals surface area contributed by atoms with Gasteiger partial charge in [-0.3, -0.25) is 0 Å². The van der Waals surface area contributed by atoms with E-state index in [4.69, 9.17) is 10.9 Å². The van der Waals surface area contributed by atoms with E-state index in [1.807, 2.05) is 0 Å². The third-order valence-electron chi connectivity index (χ3n) is 3.45. The molecule has 0 radical (unpaired) electrons. The third kappa shape index (κ3) is 4.66. The van der Waals surface area contributed by atoms with Gasteiger partial charge < -0.3 is 16.0 Å². The number of nitrogens with one attached hydrogen (secondary N) is 1. The number of rotatable bonds is 7. The van der Waals surface area contributed by atoms with Gasteiger partial charge in [0.25, 0.3) is 0 Å². The van der Waals surface area contributed by atoms with Crippen LogP contribution in [0.3, 0.4) is 0 Å². The number of hydrogen-bond donors (Lipinski definition) is 3. The van der Waals surface area contributed by atoms with Crippen molar-refractivity contribution >= 4 is 21.4 Å². The van der Waals surface area contributed by atoms with Crippen LogP contribution in [-0.4, -0.2) is 39.5 Å². The first-order valence-corrected chi connectivity index (χ1v) is 8.16. The van der Waals surface area contributed by atoms with Crippen molar-refractivity contribution in [2.24, 2.45) is 5.14 Å². The van der Waals surface area contributed by atoms with Gasteiger partial charge >= 0.3 is 0 Å². The molecule has 0 amide bonds. The molecule has 1 atom stereocenters. The fourth-order valence-corrected chi connectivity index (χ4v) is 2.47. The van der Waals surface area contributed by atoms with E-state index in [2.05, 4.69) is 31.1 Å². The summed E-state index contributed by atoms with van der Waals surface area (Å²) in [5.74, 6) is 0. The quantitative estimate of drug-likeness (QED) is 0.654. The van der Waals surface area contributed by atoms with Gasteiger partial charge in [-0.05, 0) is 38.6 Å². The van der Waals surface area contributed by atoms with Crippen molar-refractivity contribution in [2.75, 3.05) is 31.2 Å². The molecule has 1 rings (SSSR count). The summed E-state index contributed by atoms with van der Waals surface area (Å²) >= 11 is 0. The van der Waals surface area contributed by atoms with Gasteiger partial charge in [0.1, 0.15) is 4.90 Å². The summed E-state index contributed by atoms with van der Waals surface area (Å²) in [6.07, 6.45) is 1.10. The Kier molecular flexibility index (Phi) is 5.79. The zero-order chi connectivity index (χ0) is 15.3. The van der Waals surface area contributed by atoms with Gasteiger partial charge in [0.15, 0.2) is 0 Å². The van der Waals surface area contributed by atoms with E-state index in [-0.39, 0.29) is 10.6 Å². The minimum Gasteiger partial charge on any atom is -0.398 e. The Labute approximate surface area is 121 Å². The molecule has 1 aromatic carbocycles. The molecular formula is C13H24N4O2S. The average molecular weight is 300 g/mol. The SMILES string of the molecule is CCC(C)N(C)CCNc1ccc(S(N)(=O)=O)c(N)c1. The summed E-state index contributed by atoms with van der Waals surface area (Å²) in [4.78, 5) is 2.22. The maximum absolute atomic E-state index is 11.2. The van der Waals surface area contributed by atoms with Crippen LogP contribution < -0.4 is 16.2 Å². The molecule has 0 heterocycles. The number of primary sulfonamides is 1. The van der Waals surface area contributed by atoms with E-state index in [0.29, 0.717) is 6.04 Å². The normalized spacial score (nSPS) is 13.4. The van der Waals surface area contributed by atoms with Gasteiger partial charge in [-0.1, -0.05) is 6.92 Å². The number of likely N-dealkylation sites (N-methyl/N-ethyl adjacent to an activating group) is 1. The monoisotopic (exact) mass is 300 g/mol. The van der Waals surface area contributed by atoms with Gasteiger partial charge in [-0.25, -0.2) is 13.6 Å². The topological polar surface area (TPSA) is 101 Å². The predicted molar refractivity (Wildman–Crippen MR) is 83.1 cm³/mol. The lowest BCUT2D eigenvalue weighted by atomic mass is 10.2. The zero-order valence-corrected chi connectivity index (χ0v) is 13.1. The van der Waals surface area contributed by atoms with Gasteiger partial charge in [0.05, 0.1) is 5.69 Å². The molecule has 1 unspecified atom stereocenters. The molecule has 0 saturated heterocycles. The first kappa shape index (κ1) is 16.7. The van der Waals surface area contributed by atoms with Gasteiger partial charge in [0.2, 0.25) is 10.0 Å². The Morgan fingerprint density at radius 3 is 2.55 bits per heavy atom. The molecule has 0 fully saturated rings. The number of nitrogen functional groups attached to an aromatic ring is 1. The van der Waals surface area contributed by atoms with Gasteiger partial charge in [0, 0.05) is 24.8 Å². The van der Waals surface area contributed by atoms with Crippen LogP contribution in [0.2, 0.25) is 0 Å². The van der Waals surface area contributed by atoms with E-state index in [9.17, 15) is 8.42 Å². The number of hydrogen-bond acceptors (Lipinski definition) is 5. The second-order valence-electron chi connectivity index (χ2n) is 4.96. The number of sulfonamides is 1. The number of anilines is 2. The summed E-state index contributed by atoms with van der Waals surface area (Å²) < 4.78 is 22.5. The molecule has 0 aliphatic rings. The average Bonchev–Trinajstić information content (AvgIpc) is 2.36. The predicted octanol–water partition coefficient (Wildman–Crippen LogP) is 1.06. The Balaban J connectivity index is 2.61. The maximum atomic E-state index is 11.2. The Morgan fingerprint density at radius 2 is 2.05 bits per heavy atom. The fraction of sp³-hybridized carbons (Fsp3) is 0.538. The highest BCUT2D eigenvalue weighted by Gasteiger charge is 2.12. The first-order valence-electron chi connectivity index (χ1n) is 6.62. The van der Waals surface area contributed by atoms with Crippen LogP contribution in [0, 0.1) is 0 Å². The smallest absolute Gasteiger partial charge is 0.240 e. The Bertz CT molecular complexity index is 545. The highest BCUT2D eigenvalue weighted by molar-refractivity contribution is 7.89. The summed E-state index contributed by atoms with van der Waals surface area (Å²) in [6.45, 7) is 5.99. The van der Waals surface area contributed by atoms with E-state index in [1.165, 1.54) is 6.07 Å². The van der Waals surface area contributed by atoms with E-state index < -0.39 is 10.0 Å². The molecule has 6 nitrogen and oxygen atoms in total. The van der Waals surface area contributed by atoms with Gasteiger partial charge in [-0.15, -0.1) is 0 Å². The number of nitrogens with two attached hydrogens (primary N) is 2. The Morgan fingerprint density at radius 1 is 1.40 bits per heavy atom. The number of benzene rings is 1. The molecule has 7 heteroatoms. The van der Waals surface area contributed by atoms with Crippen LogP contribution in [0.5, 0.6) is 0 Å². The lowest BCUT2D eigenvalue weighted by Gasteiger charge is -2.23. The van der Waals surface area contributed by atoms with E-state index >= 15 is 0 Å². The van der Waals surface area contributed by atoms with Gasteiger partial charge in [-0.2, -0.15) is 0 Å². The summed E-state index contributed by atoms with van der Waals surface area (Å²) in [6, 6.07) is 5.21. The number of nitrogens with zero attached hydrogens (tertiary/aromatic N) is 1. The molecule has 0 bridgehead atoms. The van der Waals surface area contributed by atoms with Crippen molar-refractivity contribution in [3.63, 3.8) is 0 Å². The molecule has 0 aliphatic carbocycles. The van der Waals surface area contributed by atoms with Crippen molar-refractivity contribution in [1.82, 2.24) is 4.90 Å². The van der Waals surface area contributed by atoms with Crippen molar-refractivity contribution in [3.8, 4) is 0 Å². The molecule has 0 saturated carbocycles. The summed E-state index contributed by atoms with van der Waals surface area (Å²) in [7, 11) is -1.68. The van der Waals surface area contributed by atoms with Crippen LogP contribution in [-0.2, 0) is 10.0 Å². The van der Waals surface area contributed by atoms with Crippen LogP contribution in [0.4, 0.5) is 11.4 Å². The Hall–Kier alpha value is -1.31. The van der Waals surface area contributed by atoms with E-state index in [1.54, 1.807) is 12.1 Å². The summed E-state index contributed by atoms with van der Waals surface area (Å²) in [5, 5.41) is 8.28. The van der Waals surface area contributed by atoms with Crippen molar-refractivity contribution in [3.05, 3.63) is 18.2 Å². The highest BCUT2D eigenvalue weighted by Crippen LogP contribution is 2.21. The third-order valence-corrected chi connectivity index (χ3v) is 4.44. The largest absolute Gasteiger partial charge is 0.398 e. The fourth-order valence-electron chi connectivity index (χ4n) is 1.83. The van der Waals surface area contributed by atoms with Crippen LogP contribution in [0.1, 0.15) is 20.3 Å². The van der Waals surface area contributed by atoms with Crippen molar-refractivity contribution in [2.45, 2.75) is 31.2 Å².